The lowest BCUT2D eigenvalue weighted by molar-refractivity contribution is -0.144. The van der Waals surface area contributed by atoms with Crippen LogP contribution in [0.5, 0.6) is 5.88 Å². The molecule has 1 unspecified atom stereocenters. The van der Waals surface area contributed by atoms with Crippen molar-refractivity contribution in [1.82, 2.24) is 15.3 Å². The summed E-state index contributed by atoms with van der Waals surface area (Å²) in [4.78, 5) is 42.4. The first-order chi connectivity index (χ1) is 15.2. The molecule has 1 saturated carbocycles. The van der Waals surface area contributed by atoms with E-state index in [1.807, 2.05) is 0 Å². The van der Waals surface area contributed by atoms with Crippen molar-refractivity contribution in [3.63, 3.8) is 0 Å². The third kappa shape index (κ3) is 6.21. The molecule has 0 bridgehead atoms. The first-order valence-electron chi connectivity index (χ1n) is 11.1. The minimum absolute atomic E-state index is 0.0459. The number of anilines is 2. The maximum atomic E-state index is 12.5. The Bertz CT molecular complexity index is 855. The summed E-state index contributed by atoms with van der Waals surface area (Å²) in [6, 6.07) is -1.17. The second-order valence-electron chi connectivity index (χ2n) is 8.81. The number of aromatic hydroxyl groups is 1. The Morgan fingerprint density at radius 3 is 2.44 bits per heavy atom. The average Bonchev–Trinajstić information content (AvgIpc) is 2.75. The standard InChI is InChI=1S/C21H31N5O6/c22-21-25-17-14(19(30)26-21)9-12(10-23-17)2-1-11-3-5-13(6-4-11)18(29)24-15(20(31)32)7-8-16(27)28/h11-13,15H,1-10H2,(H,24,29)(H,27,28)(H,31,32)(H4,22,23,25,26,30)/t11?,12?,13?,15-/m0/s1. The van der Waals surface area contributed by atoms with E-state index in [9.17, 15) is 24.6 Å². The lowest BCUT2D eigenvalue weighted by Gasteiger charge is -2.31. The van der Waals surface area contributed by atoms with Crippen molar-refractivity contribution < 1.29 is 29.7 Å². The SMILES string of the molecule is Nc1nc(O)c2c(n1)NCC(CCC1CCC(C(=O)N[C@@H](CCC(=O)O)C(=O)O)CC1)C2. The summed E-state index contributed by atoms with van der Waals surface area (Å²) in [5.74, 6) is -1.41. The van der Waals surface area contributed by atoms with Crippen LogP contribution in [0.1, 0.15) is 56.9 Å². The van der Waals surface area contributed by atoms with Crippen molar-refractivity contribution in [3.05, 3.63) is 5.56 Å². The molecule has 7 N–H and O–H groups in total. The highest BCUT2D eigenvalue weighted by atomic mass is 16.4. The molecule has 3 rings (SSSR count). The third-order valence-electron chi connectivity index (χ3n) is 6.52. The maximum absolute atomic E-state index is 12.5. The molecule has 176 valence electrons. The molecule has 11 heteroatoms. The highest BCUT2D eigenvalue weighted by molar-refractivity contribution is 5.85. The number of hydrogen-bond donors (Lipinski definition) is 6. The number of amides is 1. The molecule has 1 aromatic rings. The zero-order chi connectivity index (χ0) is 23.3. The van der Waals surface area contributed by atoms with Gasteiger partial charge in [0.1, 0.15) is 11.9 Å². The van der Waals surface area contributed by atoms with Gasteiger partial charge in [-0.2, -0.15) is 9.97 Å². The Morgan fingerprint density at radius 2 is 1.78 bits per heavy atom. The molecule has 11 nitrogen and oxygen atoms in total. The van der Waals surface area contributed by atoms with Gasteiger partial charge in [0.15, 0.2) is 0 Å². The van der Waals surface area contributed by atoms with Crippen LogP contribution in [-0.2, 0) is 20.8 Å². The van der Waals surface area contributed by atoms with E-state index in [0.29, 0.717) is 42.5 Å². The second kappa shape index (κ2) is 10.5. The summed E-state index contributed by atoms with van der Waals surface area (Å²) >= 11 is 0. The van der Waals surface area contributed by atoms with Crippen LogP contribution in [0.25, 0.3) is 0 Å². The first-order valence-corrected chi connectivity index (χ1v) is 11.1. The molecule has 32 heavy (non-hydrogen) atoms. The maximum Gasteiger partial charge on any atom is 0.326 e. The lowest BCUT2D eigenvalue weighted by atomic mass is 9.78. The normalized spacial score (nSPS) is 23.4. The fourth-order valence-electron chi connectivity index (χ4n) is 4.63. The van der Waals surface area contributed by atoms with Crippen LogP contribution in [-0.4, -0.2) is 55.7 Å². The fraction of sp³-hybridized carbons (Fsp3) is 0.667. The van der Waals surface area contributed by atoms with Crippen LogP contribution >= 0.6 is 0 Å². The van der Waals surface area contributed by atoms with E-state index in [4.69, 9.17) is 10.8 Å². The monoisotopic (exact) mass is 449 g/mol. The van der Waals surface area contributed by atoms with Gasteiger partial charge in [-0.3, -0.25) is 9.59 Å². The van der Waals surface area contributed by atoms with Gasteiger partial charge in [0, 0.05) is 18.9 Å². The summed E-state index contributed by atoms with van der Waals surface area (Å²) in [6.45, 7) is 0.758. The van der Waals surface area contributed by atoms with Crippen LogP contribution in [0.3, 0.4) is 0 Å². The Kier molecular flexibility index (Phi) is 7.70. The van der Waals surface area contributed by atoms with Gasteiger partial charge in [0.25, 0.3) is 0 Å². The van der Waals surface area contributed by atoms with Crippen LogP contribution in [0.2, 0.25) is 0 Å². The lowest BCUT2D eigenvalue weighted by Crippen LogP contribution is -2.44. The van der Waals surface area contributed by atoms with Crippen LogP contribution in [0, 0.1) is 17.8 Å². The number of rotatable bonds is 9. The predicted molar refractivity (Wildman–Crippen MR) is 115 cm³/mol. The van der Waals surface area contributed by atoms with E-state index >= 15 is 0 Å². The van der Waals surface area contributed by atoms with Crippen molar-refractivity contribution in [2.75, 3.05) is 17.6 Å². The number of carboxylic acids is 2. The van der Waals surface area contributed by atoms with Gasteiger partial charge in [0.05, 0.1) is 5.56 Å². The topological polar surface area (TPSA) is 188 Å². The van der Waals surface area contributed by atoms with E-state index in [-0.39, 0.29) is 36.5 Å². The first kappa shape index (κ1) is 23.6. The molecule has 1 aliphatic heterocycles. The van der Waals surface area contributed by atoms with Crippen molar-refractivity contribution in [2.24, 2.45) is 17.8 Å². The van der Waals surface area contributed by atoms with E-state index in [1.165, 1.54) is 0 Å². The molecule has 2 aliphatic rings. The van der Waals surface area contributed by atoms with Crippen molar-refractivity contribution >= 4 is 29.6 Å². The van der Waals surface area contributed by atoms with Crippen molar-refractivity contribution in [2.45, 2.75) is 63.8 Å². The van der Waals surface area contributed by atoms with Gasteiger partial charge >= 0.3 is 11.9 Å². The molecule has 0 aromatic carbocycles. The van der Waals surface area contributed by atoms with Gasteiger partial charge in [-0.05, 0) is 56.8 Å². The third-order valence-corrected chi connectivity index (χ3v) is 6.52. The number of nitrogen functional groups attached to an aromatic ring is 1. The number of carbonyl (C=O) groups excluding carboxylic acids is 1. The number of hydrogen-bond acceptors (Lipinski definition) is 8. The highest BCUT2D eigenvalue weighted by Gasteiger charge is 2.30. The fourth-order valence-corrected chi connectivity index (χ4v) is 4.63. The molecular formula is C21H31N5O6. The molecule has 2 heterocycles. The summed E-state index contributed by atoms with van der Waals surface area (Å²) < 4.78 is 0. The molecule has 1 fully saturated rings. The van der Waals surface area contributed by atoms with Crippen LogP contribution < -0.4 is 16.4 Å². The number of aliphatic carboxylic acids is 2. The Labute approximate surface area is 185 Å². The van der Waals surface area contributed by atoms with E-state index in [2.05, 4.69) is 20.6 Å². The number of nitrogens with one attached hydrogen (secondary N) is 2. The summed E-state index contributed by atoms with van der Waals surface area (Å²) in [6.07, 6.45) is 5.44. The average molecular weight is 450 g/mol. The van der Waals surface area contributed by atoms with E-state index in [0.717, 1.165) is 32.2 Å². The predicted octanol–water partition coefficient (Wildman–Crippen LogP) is 1.37. The smallest absolute Gasteiger partial charge is 0.326 e. The summed E-state index contributed by atoms with van der Waals surface area (Å²) in [5, 5.41) is 33.7. The second-order valence-corrected chi connectivity index (χ2v) is 8.81. The van der Waals surface area contributed by atoms with E-state index in [1.54, 1.807) is 0 Å². The minimum atomic E-state index is -1.21. The molecular weight excluding hydrogens is 418 g/mol. The molecule has 2 atom stereocenters. The van der Waals surface area contributed by atoms with Gasteiger partial charge in [-0.15, -0.1) is 0 Å². The number of nitrogens with zero attached hydrogens (tertiary/aromatic N) is 2. The quantitative estimate of drug-likeness (QED) is 0.321. The number of nitrogens with two attached hydrogens (primary N) is 1. The van der Waals surface area contributed by atoms with Gasteiger partial charge in [-0.25, -0.2) is 4.79 Å². The van der Waals surface area contributed by atoms with Crippen LogP contribution in [0.15, 0.2) is 0 Å². The Balaban J connectivity index is 1.41. The zero-order valence-electron chi connectivity index (χ0n) is 17.9. The van der Waals surface area contributed by atoms with Gasteiger partial charge in [-0.1, -0.05) is 6.42 Å². The molecule has 1 aliphatic carbocycles. The molecule has 0 radical (unpaired) electrons. The van der Waals surface area contributed by atoms with E-state index < -0.39 is 18.0 Å². The highest BCUT2D eigenvalue weighted by Crippen LogP contribution is 2.35. The molecule has 1 amide bonds. The van der Waals surface area contributed by atoms with Crippen LogP contribution in [0.4, 0.5) is 11.8 Å². The largest absolute Gasteiger partial charge is 0.493 e. The van der Waals surface area contributed by atoms with Crippen molar-refractivity contribution in [3.8, 4) is 5.88 Å². The molecule has 0 spiro atoms. The Hall–Kier alpha value is -3.11. The summed E-state index contributed by atoms with van der Waals surface area (Å²) in [7, 11) is 0. The minimum Gasteiger partial charge on any atom is -0.493 e. The number of aromatic nitrogens is 2. The molecule has 1 aromatic heterocycles. The van der Waals surface area contributed by atoms with Crippen molar-refractivity contribution in [1.29, 1.82) is 0 Å². The molecule has 0 saturated heterocycles. The number of carbonyl (C=O) groups is 3. The Morgan fingerprint density at radius 1 is 1.09 bits per heavy atom. The zero-order valence-corrected chi connectivity index (χ0v) is 17.9. The summed E-state index contributed by atoms with van der Waals surface area (Å²) in [5.41, 5.74) is 6.27. The number of fused-ring (bicyclic) bond motifs is 1. The van der Waals surface area contributed by atoms with Gasteiger partial charge in [0.2, 0.25) is 17.7 Å². The number of carboxylic acid groups (broad SMARTS) is 2. The van der Waals surface area contributed by atoms with Gasteiger partial charge < -0.3 is 31.7 Å².